The molecule has 0 saturated carbocycles. The van der Waals surface area contributed by atoms with Crippen LogP contribution in [0.15, 0.2) is 109 Å². The molecule has 0 fully saturated rings. The van der Waals surface area contributed by atoms with E-state index in [4.69, 9.17) is 0 Å². The van der Waals surface area contributed by atoms with E-state index in [-0.39, 0.29) is 6.71 Å². The maximum atomic E-state index is 2.57. The lowest BCUT2D eigenvalue weighted by molar-refractivity contribution is 1.13. The Morgan fingerprint density at radius 3 is 1.00 bits per heavy atom. The summed E-state index contributed by atoms with van der Waals surface area (Å²) in [4.78, 5) is 0. The normalized spacial score (nSPS) is 13.9. The Balaban J connectivity index is 1.48. The van der Waals surface area contributed by atoms with E-state index in [1.807, 2.05) is 0 Å². The molecule has 0 unspecified atom stereocenters. The lowest BCUT2D eigenvalue weighted by Crippen LogP contribution is -2.62. The zero-order valence-electron chi connectivity index (χ0n) is 21.3. The minimum Gasteiger partial charge on any atom is -0.310 e. The van der Waals surface area contributed by atoms with Crippen molar-refractivity contribution in [3.05, 3.63) is 109 Å². The Hall–Kier alpha value is -5.22. The topological polar surface area (TPSA) is 14.8 Å². The number of benzene rings is 6. The number of para-hydroxylation sites is 3. The van der Waals surface area contributed by atoms with E-state index in [1.54, 1.807) is 0 Å². The second-order valence-electron chi connectivity index (χ2n) is 11.7. The molecule has 9 aromatic rings. The molecule has 180 valence electrons. The van der Waals surface area contributed by atoms with Gasteiger partial charge in [0.1, 0.15) is 0 Å². The second-order valence-corrected chi connectivity index (χ2v) is 11.7. The van der Waals surface area contributed by atoms with Crippen molar-refractivity contribution in [2.75, 3.05) is 0 Å². The first kappa shape index (κ1) is 18.9. The van der Waals surface area contributed by atoms with E-state index < -0.39 is 0 Å². The molecule has 6 heterocycles. The first-order valence-electron chi connectivity index (χ1n) is 14.1. The Labute approximate surface area is 228 Å². The van der Waals surface area contributed by atoms with Gasteiger partial charge in [-0.3, -0.25) is 0 Å². The zero-order chi connectivity index (χ0) is 25.4. The maximum absolute atomic E-state index is 2.57. The minimum atomic E-state index is 0.196. The van der Waals surface area contributed by atoms with E-state index in [1.165, 1.54) is 98.9 Å². The van der Waals surface area contributed by atoms with Gasteiger partial charge in [-0.1, -0.05) is 72.8 Å². The molecule has 0 atom stereocenters. The van der Waals surface area contributed by atoms with E-state index in [0.717, 1.165) is 0 Å². The maximum Gasteiger partial charge on any atom is 0.257 e. The largest absolute Gasteiger partial charge is 0.310 e. The Morgan fingerprint density at radius 1 is 0.325 bits per heavy atom. The van der Waals surface area contributed by atoms with E-state index in [9.17, 15) is 0 Å². The van der Waals surface area contributed by atoms with Crippen LogP contribution in [0, 0.1) is 0 Å². The average Bonchev–Trinajstić information content (AvgIpc) is 3.65. The SMILES string of the molecule is c1ccc2c(c1)c1ccc3c4c1n2-c1ccc2c5ccccc5n5c2c1B4c1c-5ccc2c4ccccc4n-3c12. The van der Waals surface area contributed by atoms with Crippen molar-refractivity contribution < 1.29 is 0 Å². The molecule has 4 heteroatoms. The number of hydrogen-bond acceptors (Lipinski definition) is 0. The van der Waals surface area contributed by atoms with Crippen LogP contribution in [0.3, 0.4) is 0 Å². The third-order valence-corrected chi connectivity index (χ3v) is 10.1. The van der Waals surface area contributed by atoms with Crippen LogP contribution in [0.25, 0.3) is 82.5 Å². The summed E-state index contributed by atoms with van der Waals surface area (Å²) >= 11 is 0. The van der Waals surface area contributed by atoms with Crippen LogP contribution < -0.4 is 16.4 Å². The molecule has 3 nitrogen and oxygen atoms in total. The first-order valence-corrected chi connectivity index (χ1v) is 14.1. The quantitative estimate of drug-likeness (QED) is 0.212. The van der Waals surface area contributed by atoms with Gasteiger partial charge in [-0.25, -0.2) is 0 Å². The molecule has 0 aliphatic carbocycles. The molecule has 3 aliphatic heterocycles. The van der Waals surface area contributed by atoms with Gasteiger partial charge < -0.3 is 13.7 Å². The number of rotatable bonds is 0. The first-order chi connectivity index (χ1) is 19.9. The summed E-state index contributed by atoms with van der Waals surface area (Å²) in [5, 5.41) is 8.02. The predicted octanol–water partition coefficient (Wildman–Crippen LogP) is 6.43. The number of nitrogens with zero attached hydrogens (tertiary/aromatic N) is 3. The van der Waals surface area contributed by atoms with E-state index in [2.05, 4.69) is 123 Å². The Kier molecular flexibility index (Phi) is 2.77. The van der Waals surface area contributed by atoms with Gasteiger partial charge in [0.15, 0.2) is 0 Å². The van der Waals surface area contributed by atoms with Gasteiger partial charge in [-0.05, 0) is 52.8 Å². The molecule has 6 aromatic carbocycles. The van der Waals surface area contributed by atoms with Crippen LogP contribution in [0.5, 0.6) is 0 Å². The van der Waals surface area contributed by atoms with E-state index in [0.29, 0.717) is 0 Å². The summed E-state index contributed by atoms with van der Waals surface area (Å²) in [5.41, 5.74) is 16.3. The van der Waals surface area contributed by atoms with Crippen LogP contribution in [-0.4, -0.2) is 20.4 Å². The van der Waals surface area contributed by atoms with Crippen molar-refractivity contribution in [1.29, 1.82) is 0 Å². The summed E-state index contributed by atoms with van der Waals surface area (Å²) in [6.07, 6.45) is 0. The van der Waals surface area contributed by atoms with Crippen LogP contribution in [0.4, 0.5) is 0 Å². The Morgan fingerprint density at radius 2 is 0.650 bits per heavy atom. The van der Waals surface area contributed by atoms with Gasteiger partial charge in [-0.2, -0.15) is 0 Å². The molecule has 0 N–H and O–H groups in total. The highest BCUT2D eigenvalue weighted by Gasteiger charge is 2.46. The van der Waals surface area contributed by atoms with Crippen LogP contribution in [0.1, 0.15) is 0 Å². The number of hydrogen-bond donors (Lipinski definition) is 0. The third-order valence-electron chi connectivity index (χ3n) is 10.1. The second kappa shape index (κ2) is 5.85. The Bertz CT molecular complexity index is 2420. The van der Waals surface area contributed by atoms with Gasteiger partial charge in [0.2, 0.25) is 0 Å². The molecule has 0 bridgehead atoms. The van der Waals surface area contributed by atoms with Gasteiger partial charge in [0.05, 0.1) is 33.1 Å². The molecule has 0 saturated heterocycles. The molecule has 0 amide bonds. The predicted molar refractivity (Wildman–Crippen MR) is 168 cm³/mol. The van der Waals surface area contributed by atoms with Gasteiger partial charge in [-0.15, -0.1) is 0 Å². The van der Waals surface area contributed by atoms with Crippen molar-refractivity contribution in [3.8, 4) is 17.1 Å². The fraction of sp³-hybridized carbons (Fsp3) is 0. The zero-order valence-corrected chi connectivity index (χ0v) is 21.3. The summed E-state index contributed by atoms with van der Waals surface area (Å²) in [7, 11) is 0. The van der Waals surface area contributed by atoms with Crippen LogP contribution in [0.2, 0.25) is 0 Å². The minimum absolute atomic E-state index is 0.196. The van der Waals surface area contributed by atoms with E-state index >= 15 is 0 Å². The number of aromatic nitrogens is 3. The standard InChI is InChI=1S/C36H18BN3/c1-4-10-25-19(7-1)22-13-16-29-31-34(22)38(25)28-17-14-23-20-8-3-6-12-27(20)40-30-18-15-24-21-9-2-5-11-26(21)39(29)36(24)33(30)37(31)32(28)35(23)40/h1-18H. The average molecular weight is 503 g/mol. The molecule has 40 heavy (non-hydrogen) atoms. The monoisotopic (exact) mass is 503 g/mol. The smallest absolute Gasteiger partial charge is 0.257 e. The lowest BCUT2D eigenvalue weighted by Gasteiger charge is -2.37. The summed E-state index contributed by atoms with van der Waals surface area (Å²) in [6, 6.07) is 41.1. The fourth-order valence-electron chi connectivity index (χ4n) is 8.84. The molecular formula is C36H18BN3. The molecular weight excluding hydrogens is 485 g/mol. The van der Waals surface area contributed by atoms with Crippen LogP contribution >= 0.6 is 0 Å². The highest BCUT2D eigenvalue weighted by molar-refractivity contribution is 7.02. The van der Waals surface area contributed by atoms with Crippen molar-refractivity contribution >= 4 is 88.5 Å². The molecule has 0 radical (unpaired) electrons. The number of fused-ring (bicyclic) bond motifs is 12. The van der Waals surface area contributed by atoms with Gasteiger partial charge in [0.25, 0.3) is 6.71 Å². The third kappa shape index (κ3) is 1.72. The van der Waals surface area contributed by atoms with Crippen molar-refractivity contribution in [2.45, 2.75) is 0 Å². The fourth-order valence-corrected chi connectivity index (χ4v) is 8.84. The summed E-state index contributed by atoms with van der Waals surface area (Å²) in [6.45, 7) is 0.196. The highest BCUT2D eigenvalue weighted by atomic mass is 15.1. The van der Waals surface area contributed by atoms with Crippen molar-refractivity contribution in [1.82, 2.24) is 13.7 Å². The molecule has 3 aliphatic rings. The summed E-state index contributed by atoms with van der Waals surface area (Å²) in [5.74, 6) is 0. The van der Waals surface area contributed by atoms with Crippen LogP contribution in [-0.2, 0) is 0 Å². The van der Waals surface area contributed by atoms with Gasteiger partial charge in [0, 0.05) is 49.4 Å². The molecule has 0 spiro atoms. The molecule has 12 rings (SSSR count). The van der Waals surface area contributed by atoms with Gasteiger partial charge >= 0.3 is 0 Å². The molecule has 3 aromatic heterocycles. The lowest BCUT2D eigenvalue weighted by atomic mass is 9.33. The van der Waals surface area contributed by atoms with Crippen molar-refractivity contribution in [3.63, 3.8) is 0 Å². The summed E-state index contributed by atoms with van der Waals surface area (Å²) < 4.78 is 7.70. The van der Waals surface area contributed by atoms with Crippen molar-refractivity contribution in [2.24, 2.45) is 0 Å². The highest BCUT2D eigenvalue weighted by Crippen LogP contribution is 2.44.